The molecule has 0 spiro atoms. The molecule has 0 aromatic heterocycles. The van der Waals surface area contributed by atoms with Crippen LogP contribution in [0.4, 0.5) is 9.59 Å². The molecule has 0 fully saturated rings. The molecule has 10 heteroatoms. The van der Waals surface area contributed by atoms with Gasteiger partial charge in [-0.2, -0.15) is 0 Å². The van der Waals surface area contributed by atoms with Crippen LogP contribution in [0.15, 0.2) is 35.9 Å². The monoisotopic (exact) mass is 544 g/mol. The van der Waals surface area contributed by atoms with Crippen molar-refractivity contribution in [3.8, 4) is 11.5 Å². The number of allylic oxidation sites excluding steroid dienone is 3. The van der Waals surface area contributed by atoms with Crippen molar-refractivity contribution in [2.24, 2.45) is 5.92 Å². The van der Waals surface area contributed by atoms with Crippen LogP contribution in [0.3, 0.4) is 0 Å². The Kier molecular flexibility index (Phi) is 12.5. The average Bonchev–Trinajstić information content (AvgIpc) is 2.90. The molecule has 1 aromatic rings. The zero-order chi connectivity index (χ0) is 28.9. The molecule has 0 radical (unpaired) electrons. The van der Waals surface area contributed by atoms with Crippen LogP contribution in [0, 0.1) is 5.92 Å². The lowest BCUT2D eigenvalue weighted by Gasteiger charge is -2.32. The van der Waals surface area contributed by atoms with E-state index >= 15 is 0 Å². The molecule has 39 heavy (non-hydrogen) atoms. The Hall–Kier alpha value is -3.82. The number of carbonyl (C=O) groups is 4. The lowest BCUT2D eigenvalue weighted by Crippen LogP contribution is -2.34. The van der Waals surface area contributed by atoms with Crippen LogP contribution >= 0.6 is 0 Å². The van der Waals surface area contributed by atoms with E-state index in [0.717, 1.165) is 48.8 Å². The number of aryl methyl sites for hydroxylation is 1. The average molecular weight is 545 g/mol. The molecular formula is C29H40N2O8. The molecule has 0 heterocycles. The number of carbonyl (C=O) groups excluding carboxylic acids is 4. The third-order valence-corrected chi connectivity index (χ3v) is 6.56. The number of amides is 2. The van der Waals surface area contributed by atoms with E-state index in [1.165, 1.54) is 14.2 Å². The fraction of sp³-hybridized carbons (Fsp3) is 0.517. The van der Waals surface area contributed by atoms with Crippen molar-refractivity contribution >= 4 is 24.1 Å². The maximum Gasteiger partial charge on any atom is 0.413 e. The Balaban J connectivity index is 2.60. The minimum Gasteiger partial charge on any atom is -0.468 e. The Bertz CT molecular complexity index is 1040. The quantitative estimate of drug-likeness (QED) is 0.215. The minimum atomic E-state index is -0.850. The maximum atomic E-state index is 12.7. The van der Waals surface area contributed by atoms with Crippen LogP contribution in [0.1, 0.15) is 69.9 Å². The van der Waals surface area contributed by atoms with Gasteiger partial charge in [0.25, 0.3) is 0 Å². The van der Waals surface area contributed by atoms with Crippen LogP contribution < -0.4 is 20.1 Å². The molecule has 0 aliphatic heterocycles. The summed E-state index contributed by atoms with van der Waals surface area (Å²) >= 11 is 0. The second-order valence-corrected chi connectivity index (χ2v) is 9.63. The van der Waals surface area contributed by atoms with E-state index in [9.17, 15) is 19.2 Å². The van der Waals surface area contributed by atoms with Gasteiger partial charge in [-0.05, 0) is 63.1 Å². The van der Waals surface area contributed by atoms with Crippen molar-refractivity contribution in [2.45, 2.75) is 65.2 Å². The molecule has 10 nitrogen and oxygen atoms in total. The Morgan fingerprint density at radius 1 is 0.949 bits per heavy atom. The van der Waals surface area contributed by atoms with Crippen LogP contribution in [0.5, 0.6) is 11.5 Å². The Morgan fingerprint density at radius 2 is 1.49 bits per heavy atom. The van der Waals surface area contributed by atoms with Gasteiger partial charge in [-0.3, -0.25) is 9.59 Å². The fourth-order valence-electron chi connectivity index (χ4n) is 4.49. The number of esters is 2. The summed E-state index contributed by atoms with van der Waals surface area (Å²) in [5.74, 6) is -1.12. The number of benzene rings is 1. The summed E-state index contributed by atoms with van der Waals surface area (Å²) in [4.78, 5) is 48.5. The maximum absolute atomic E-state index is 12.7. The van der Waals surface area contributed by atoms with Crippen molar-refractivity contribution in [3.63, 3.8) is 0 Å². The van der Waals surface area contributed by atoms with Gasteiger partial charge in [-0.25, -0.2) is 9.59 Å². The van der Waals surface area contributed by atoms with Crippen LogP contribution in [-0.2, 0) is 25.5 Å². The Morgan fingerprint density at radius 3 is 1.95 bits per heavy atom. The first-order valence-electron chi connectivity index (χ1n) is 13.1. The van der Waals surface area contributed by atoms with Crippen molar-refractivity contribution < 1.29 is 38.1 Å². The molecule has 214 valence electrons. The first-order valence-corrected chi connectivity index (χ1v) is 13.1. The highest BCUT2D eigenvalue weighted by molar-refractivity contribution is 5.80. The first kappa shape index (κ1) is 31.4. The highest BCUT2D eigenvalue weighted by atomic mass is 16.6. The predicted octanol–water partition coefficient (Wildman–Crippen LogP) is 4.96. The van der Waals surface area contributed by atoms with Crippen molar-refractivity contribution in [1.29, 1.82) is 0 Å². The summed E-state index contributed by atoms with van der Waals surface area (Å²) in [6, 6.07) is 3.55. The smallest absolute Gasteiger partial charge is 0.413 e. The topological polar surface area (TPSA) is 129 Å². The number of hydrogen-bond donors (Lipinski definition) is 2. The molecule has 2 amide bonds. The normalized spacial score (nSPS) is 16.4. The number of ether oxygens (including phenoxy) is 4. The van der Waals surface area contributed by atoms with Gasteiger partial charge < -0.3 is 29.6 Å². The van der Waals surface area contributed by atoms with Crippen LogP contribution in [0.2, 0.25) is 0 Å². The highest BCUT2D eigenvalue weighted by Gasteiger charge is 2.32. The summed E-state index contributed by atoms with van der Waals surface area (Å²) in [5, 5.41) is 4.77. The summed E-state index contributed by atoms with van der Waals surface area (Å²) in [6.07, 6.45) is 5.64. The van der Waals surface area contributed by atoms with Gasteiger partial charge in [0.2, 0.25) is 0 Å². The fourth-order valence-corrected chi connectivity index (χ4v) is 4.49. The Labute approximate surface area is 230 Å². The van der Waals surface area contributed by atoms with Gasteiger partial charge in [0, 0.05) is 11.5 Å². The first-order chi connectivity index (χ1) is 18.6. The molecule has 1 aliphatic carbocycles. The van der Waals surface area contributed by atoms with Crippen LogP contribution in [0.25, 0.3) is 0 Å². The zero-order valence-electron chi connectivity index (χ0n) is 23.5. The molecule has 0 unspecified atom stereocenters. The second kappa shape index (κ2) is 15.6. The summed E-state index contributed by atoms with van der Waals surface area (Å²) in [6.45, 7) is 9.51. The highest BCUT2D eigenvalue weighted by Crippen LogP contribution is 2.47. The third kappa shape index (κ3) is 9.77. The summed E-state index contributed by atoms with van der Waals surface area (Å²) < 4.78 is 20.6. The minimum absolute atomic E-state index is 0.000558. The summed E-state index contributed by atoms with van der Waals surface area (Å²) in [5.41, 5.74) is 3.40. The van der Waals surface area contributed by atoms with E-state index in [1.807, 2.05) is 13.8 Å². The van der Waals surface area contributed by atoms with Gasteiger partial charge in [0.15, 0.2) is 0 Å². The van der Waals surface area contributed by atoms with E-state index < -0.39 is 24.1 Å². The number of unbranched alkanes of at least 4 members (excludes halogenated alkanes) is 2. The van der Waals surface area contributed by atoms with E-state index in [4.69, 9.17) is 9.47 Å². The zero-order valence-corrected chi connectivity index (χ0v) is 23.5. The van der Waals surface area contributed by atoms with Crippen LogP contribution in [-0.4, -0.2) is 51.4 Å². The number of hydrogen-bond acceptors (Lipinski definition) is 8. The molecule has 0 saturated heterocycles. The van der Waals surface area contributed by atoms with Gasteiger partial charge in [0.05, 0.1) is 14.2 Å². The van der Waals surface area contributed by atoms with Gasteiger partial charge in [-0.15, -0.1) is 0 Å². The molecule has 2 N–H and O–H groups in total. The molecule has 0 saturated carbocycles. The van der Waals surface area contributed by atoms with Crippen molar-refractivity contribution in [3.05, 3.63) is 47.1 Å². The number of rotatable bonds is 12. The number of methoxy groups -OCH3 is 2. The second-order valence-electron chi connectivity index (χ2n) is 9.63. The molecular weight excluding hydrogens is 504 g/mol. The van der Waals surface area contributed by atoms with E-state index in [2.05, 4.69) is 39.7 Å². The molecule has 1 aromatic carbocycles. The van der Waals surface area contributed by atoms with Crippen molar-refractivity contribution in [2.75, 3.05) is 27.3 Å². The van der Waals surface area contributed by atoms with E-state index in [1.54, 1.807) is 12.1 Å². The van der Waals surface area contributed by atoms with Gasteiger partial charge >= 0.3 is 24.1 Å². The number of nitrogens with one attached hydrogen (secondary N) is 2. The molecule has 1 aliphatic rings. The lowest BCUT2D eigenvalue weighted by atomic mass is 9.73. The third-order valence-electron chi connectivity index (χ3n) is 6.56. The lowest BCUT2D eigenvalue weighted by molar-refractivity contribution is -0.140. The predicted molar refractivity (Wildman–Crippen MR) is 146 cm³/mol. The van der Waals surface area contributed by atoms with E-state index in [-0.39, 0.29) is 36.4 Å². The SMILES string of the molecule is C=C(C)[C@@H]1CCC(C)=C[C@H]1c1c(OC(=O)NCC(=O)OC)cc(CCCCC)cc1OC(=O)NCC(=O)OC. The van der Waals surface area contributed by atoms with Crippen molar-refractivity contribution in [1.82, 2.24) is 10.6 Å². The molecule has 2 rings (SSSR count). The van der Waals surface area contributed by atoms with E-state index in [0.29, 0.717) is 12.0 Å². The summed E-state index contributed by atoms with van der Waals surface area (Å²) in [7, 11) is 2.44. The van der Waals surface area contributed by atoms with Gasteiger partial charge in [0.1, 0.15) is 24.6 Å². The molecule has 0 bridgehead atoms. The standard InChI is InChI=1S/C29H40N2O8/c1-7-8-9-10-20-14-23(38-28(34)30-16-25(32)36-5)27(22-13-19(4)11-12-21(22)18(2)3)24(15-20)39-29(35)31-17-26(33)37-6/h13-15,21-22H,2,7-12,16-17H2,1,3-6H3,(H,30,34)(H,31,35)/t21-,22+/m0/s1. The van der Waals surface area contributed by atoms with Gasteiger partial charge in [-0.1, -0.05) is 43.6 Å². The largest absolute Gasteiger partial charge is 0.468 e. The molecule has 2 atom stereocenters.